The highest BCUT2D eigenvalue weighted by Gasteiger charge is 2.16. The lowest BCUT2D eigenvalue weighted by Crippen LogP contribution is -2.26. The minimum Gasteiger partial charge on any atom is -0.399 e. The third-order valence-corrected chi connectivity index (χ3v) is 4.71. The second kappa shape index (κ2) is 6.28. The second-order valence-corrected chi connectivity index (χ2v) is 6.41. The molecule has 1 aromatic carbocycles. The summed E-state index contributed by atoms with van der Waals surface area (Å²) in [5.41, 5.74) is 14.6. The molecule has 0 fully saturated rings. The lowest BCUT2D eigenvalue weighted by Gasteiger charge is -2.17. The van der Waals surface area contributed by atoms with Crippen LogP contribution in [-0.2, 0) is 12.8 Å². The molecule has 21 heavy (non-hydrogen) atoms. The zero-order valence-electron chi connectivity index (χ0n) is 12.0. The summed E-state index contributed by atoms with van der Waals surface area (Å²) in [5.74, 6) is 0. The van der Waals surface area contributed by atoms with Crippen molar-refractivity contribution in [2.75, 3.05) is 31.1 Å². The molecule has 1 aromatic heterocycles. The van der Waals surface area contributed by atoms with Gasteiger partial charge in [0.2, 0.25) is 0 Å². The number of nitrogens with zero attached hydrogens (tertiary/aromatic N) is 2. The van der Waals surface area contributed by atoms with Gasteiger partial charge in [0.05, 0.1) is 5.69 Å². The molecule has 0 aliphatic carbocycles. The SMILES string of the molecule is Nc1ccc(C=CCN2CCc3nc(N)sc3CC2)cc1. The number of hydrogen-bond acceptors (Lipinski definition) is 5. The Kier molecular flexibility index (Phi) is 4.22. The molecule has 1 aliphatic heterocycles. The van der Waals surface area contributed by atoms with E-state index in [0.717, 1.165) is 38.2 Å². The lowest BCUT2D eigenvalue weighted by atomic mass is 10.2. The Bertz CT molecular complexity index is 605. The van der Waals surface area contributed by atoms with Gasteiger partial charge in [-0.05, 0) is 24.1 Å². The molecule has 2 heterocycles. The minimum absolute atomic E-state index is 0.705. The molecule has 4 N–H and O–H groups in total. The Morgan fingerprint density at radius 1 is 1.14 bits per heavy atom. The number of nitrogens with two attached hydrogens (primary N) is 2. The molecule has 0 bridgehead atoms. The zero-order valence-corrected chi connectivity index (χ0v) is 12.8. The molecule has 0 amide bonds. The Hall–Kier alpha value is -1.85. The molecule has 0 saturated carbocycles. The molecule has 0 spiro atoms. The molecule has 110 valence electrons. The zero-order chi connectivity index (χ0) is 14.7. The average Bonchev–Trinajstić information content (AvgIpc) is 2.73. The standard InChI is InChI=1S/C16H20N4S/c17-13-5-3-12(4-6-13)2-1-9-20-10-7-14-15(8-11-20)21-16(18)19-14/h1-6H,7-11,17H2,(H2,18,19). The van der Waals surface area contributed by atoms with Crippen molar-refractivity contribution in [1.29, 1.82) is 0 Å². The Morgan fingerprint density at radius 2 is 1.90 bits per heavy atom. The van der Waals surface area contributed by atoms with Gasteiger partial charge in [-0.25, -0.2) is 4.98 Å². The molecule has 1 aliphatic rings. The van der Waals surface area contributed by atoms with Crippen molar-refractivity contribution in [3.05, 3.63) is 46.5 Å². The molecule has 0 atom stereocenters. The van der Waals surface area contributed by atoms with Crippen LogP contribution in [0.5, 0.6) is 0 Å². The Morgan fingerprint density at radius 3 is 2.71 bits per heavy atom. The van der Waals surface area contributed by atoms with Gasteiger partial charge in [0.25, 0.3) is 0 Å². The van der Waals surface area contributed by atoms with Gasteiger partial charge in [0.15, 0.2) is 5.13 Å². The van der Waals surface area contributed by atoms with Crippen molar-refractivity contribution in [2.24, 2.45) is 0 Å². The third-order valence-electron chi connectivity index (χ3n) is 3.73. The quantitative estimate of drug-likeness (QED) is 0.854. The maximum absolute atomic E-state index is 5.77. The van der Waals surface area contributed by atoms with Crippen LogP contribution >= 0.6 is 11.3 Å². The minimum atomic E-state index is 0.705. The van der Waals surface area contributed by atoms with Gasteiger partial charge in [0, 0.05) is 36.6 Å². The monoisotopic (exact) mass is 300 g/mol. The van der Waals surface area contributed by atoms with Crippen LogP contribution < -0.4 is 11.5 Å². The first-order valence-corrected chi connectivity index (χ1v) is 8.01. The Balaban J connectivity index is 1.55. The first kappa shape index (κ1) is 14.1. The van der Waals surface area contributed by atoms with Gasteiger partial charge in [-0.1, -0.05) is 24.3 Å². The van der Waals surface area contributed by atoms with Gasteiger partial charge in [-0.15, -0.1) is 11.3 Å². The number of nitrogen functional groups attached to an aromatic ring is 2. The maximum Gasteiger partial charge on any atom is 0.180 e. The van der Waals surface area contributed by atoms with Gasteiger partial charge in [-0.3, -0.25) is 4.90 Å². The molecular formula is C16H20N4S. The third kappa shape index (κ3) is 3.62. The smallest absolute Gasteiger partial charge is 0.180 e. The maximum atomic E-state index is 5.77. The summed E-state index contributed by atoms with van der Waals surface area (Å²) in [7, 11) is 0. The predicted molar refractivity (Wildman–Crippen MR) is 90.3 cm³/mol. The summed E-state index contributed by atoms with van der Waals surface area (Å²) in [6.07, 6.45) is 6.42. The van der Waals surface area contributed by atoms with Gasteiger partial charge in [0.1, 0.15) is 0 Å². The van der Waals surface area contributed by atoms with Crippen LogP contribution in [0.25, 0.3) is 6.08 Å². The van der Waals surface area contributed by atoms with Crippen molar-refractivity contribution in [3.63, 3.8) is 0 Å². The summed E-state index contributed by atoms with van der Waals surface area (Å²) in [6, 6.07) is 7.94. The normalized spacial score (nSPS) is 16.0. The van der Waals surface area contributed by atoms with Crippen molar-refractivity contribution in [1.82, 2.24) is 9.88 Å². The van der Waals surface area contributed by atoms with Crippen molar-refractivity contribution in [2.45, 2.75) is 12.8 Å². The van der Waals surface area contributed by atoms with E-state index in [-0.39, 0.29) is 0 Å². The van der Waals surface area contributed by atoms with Crippen molar-refractivity contribution in [3.8, 4) is 0 Å². The molecule has 3 rings (SSSR count). The number of fused-ring (bicyclic) bond motifs is 1. The predicted octanol–water partition coefficient (Wildman–Crippen LogP) is 2.42. The fourth-order valence-electron chi connectivity index (χ4n) is 2.56. The molecule has 0 radical (unpaired) electrons. The van der Waals surface area contributed by atoms with E-state index in [9.17, 15) is 0 Å². The fourth-order valence-corrected chi connectivity index (χ4v) is 3.42. The van der Waals surface area contributed by atoms with E-state index < -0.39 is 0 Å². The van der Waals surface area contributed by atoms with Gasteiger partial charge >= 0.3 is 0 Å². The average molecular weight is 300 g/mol. The number of hydrogen-bond donors (Lipinski definition) is 2. The van der Waals surface area contributed by atoms with Crippen LogP contribution in [-0.4, -0.2) is 29.5 Å². The summed E-state index contributed by atoms with van der Waals surface area (Å²) in [4.78, 5) is 8.24. The second-order valence-electron chi connectivity index (χ2n) is 5.29. The number of benzene rings is 1. The number of rotatable bonds is 3. The van der Waals surface area contributed by atoms with Crippen molar-refractivity contribution < 1.29 is 0 Å². The largest absolute Gasteiger partial charge is 0.399 e. The highest BCUT2D eigenvalue weighted by Crippen LogP contribution is 2.24. The van der Waals surface area contributed by atoms with Crippen LogP contribution in [0.2, 0.25) is 0 Å². The van der Waals surface area contributed by atoms with Crippen LogP contribution in [0.15, 0.2) is 30.3 Å². The summed E-state index contributed by atoms with van der Waals surface area (Å²) in [5, 5.41) is 0.705. The van der Waals surface area contributed by atoms with E-state index >= 15 is 0 Å². The topological polar surface area (TPSA) is 68.2 Å². The molecule has 5 heteroatoms. The van der Waals surface area contributed by atoms with Crippen LogP contribution in [0.1, 0.15) is 16.1 Å². The number of aromatic nitrogens is 1. The summed E-state index contributed by atoms with van der Waals surface area (Å²) < 4.78 is 0. The summed E-state index contributed by atoms with van der Waals surface area (Å²) >= 11 is 1.64. The van der Waals surface area contributed by atoms with Crippen LogP contribution in [0, 0.1) is 0 Å². The van der Waals surface area contributed by atoms with E-state index in [1.807, 2.05) is 24.3 Å². The number of thiazole rings is 1. The van der Waals surface area contributed by atoms with Crippen LogP contribution in [0.3, 0.4) is 0 Å². The van der Waals surface area contributed by atoms with E-state index in [1.54, 1.807) is 11.3 Å². The molecule has 4 nitrogen and oxygen atoms in total. The van der Waals surface area contributed by atoms with E-state index in [0.29, 0.717) is 5.13 Å². The van der Waals surface area contributed by atoms with Gasteiger partial charge < -0.3 is 11.5 Å². The Labute approximate surface area is 129 Å². The van der Waals surface area contributed by atoms with Crippen LogP contribution in [0.4, 0.5) is 10.8 Å². The van der Waals surface area contributed by atoms with E-state index in [2.05, 4.69) is 22.0 Å². The van der Waals surface area contributed by atoms with E-state index in [4.69, 9.17) is 11.5 Å². The van der Waals surface area contributed by atoms with Crippen molar-refractivity contribution >= 4 is 28.2 Å². The summed E-state index contributed by atoms with van der Waals surface area (Å²) in [6.45, 7) is 3.08. The molecular weight excluding hydrogens is 280 g/mol. The highest BCUT2D eigenvalue weighted by molar-refractivity contribution is 7.15. The lowest BCUT2D eigenvalue weighted by molar-refractivity contribution is 0.318. The first-order valence-electron chi connectivity index (χ1n) is 7.19. The molecule has 0 unspecified atom stereocenters. The highest BCUT2D eigenvalue weighted by atomic mass is 32.1. The van der Waals surface area contributed by atoms with E-state index in [1.165, 1.54) is 16.1 Å². The molecule has 0 saturated heterocycles. The number of anilines is 2. The first-order chi connectivity index (χ1) is 10.2. The van der Waals surface area contributed by atoms with Gasteiger partial charge in [-0.2, -0.15) is 0 Å². The fraction of sp³-hybridized carbons (Fsp3) is 0.312. The molecule has 2 aromatic rings.